The van der Waals surface area contributed by atoms with Crippen molar-refractivity contribution in [2.75, 3.05) is 6.61 Å². The first kappa shape index (κ1) is 31.9. The summed E-state index contributed by atoms with van der Waals surface area (Å²) in [6.45, 7) is 14.5. The van der Waals surface area contributed by atoms with Crippen LogP contribution in [0, 0.1) is 52.3 Å². The van der Waals surface area contributed by atoms with E-state index in [1.807, 2.05) is 0 Å². The van der Waals surface area contributed by atoms with Gasteiger partial charge >= 0.3 is 0 Å². The van der Waals surface area contributed by atoms with Crippen LogP contribution in [0.25, 0.3) is 0 Å². The zero-order valence-electron chi connectivity index (χ0n) is 26.7. The second-order valence-corrected chi connectivity index (χ2v) is 15.7. The maximum atomic E-state index is 10.5. The van der Waals surface area contributed by atoms with E-state index in [4.69, 9.17) is 9.47 Å². The number of hydrogen-bond acceptors (Lipinski definition) is 6. The molecule has 41 heavy (non-hydrogen) atoms. The first-order valence-electron chi connectivity index (χ1n) is 17.1. The second-order valence-electron chi connectivity index (χ2n) is 15.7. The van der Waals surface area contributed by atoms with Crippen molar-refractivity contribution >= 4 is 0 Å². The molecule has 4 fully saturated rings. The number of hydrogen-bond donors (Lipinski definition) is 4. The van der Waals surface area contributed by atoms with Crippen LogP contribution in [0.4, 0.5) is 0 Å². The molecule has 4 N–H and O–H groups in total. The van der Waals surface area contributed by atoms with Crippen molar-refractivity contribution in [2.45, 2.75) is 149 Å². The highest BCUT2D eigenvalue weighted by atomic mass is 16.7. The monoisotopic (exact) mass is 576 g/mol. The molecule has 6 heteroatoms. The van der Waals surface area contributed by atoms with Crippen molar-refractivity contribution in [3.05, 3.63) is 11.6 Å². The highest BCUT2D eigenvalue weighted by Gasteiger charge is 2.58. The first-order chi connectivity index (χ1) is 19.4. The third-order valence-corrected chi connectivity index (χ3v) is 13.4. The molecule has 0 radical (unpaired) electrons. The zero-order chi connectivity index (χ0) is 29.7. The lowest BCUT2D eigenvalue weighted by molar-refractivity contribution is -0.315. The Balaban J connectivity index is 1.24. The van der Waals surface area contributed by atoms with Gasteiger partial charge in [0.2, 0.25) is 0 Å². The number of ether oxygens (including phenoxy) is 2. The highest BCUT2D eigenvalue weighted by Crippen LogP contribution is 2.67. The summed E-state index contributed by atoms with van der Waals surface area (Å²) in [6, 6.07) is 0. The van der Waals surface area contributed by atoms with Crippen LogP contribution < -0.4 is 0 Å². The Hall–Kier alpha value is -0.500. The van der Waals surface area contributed by atoms with Gasteiger partial charge in [-0.15, -0.1) is 0 Å². The van der Waals surface area contributed by atoms with Gasteiger partial charge in [0, 0.05) is 0 Å². The summed E-state index contributed by atoms with van der Waals surface area (Å²) in [5, 5.41) is 40.4. The molecular formula is C35H60O6. The van der Waals surface area contributed by atoms with Gasteiger partial charge in [-0.2, -0.15) is 0 Å². The van der Waals surface area contributed by atoms with Crippen LogP contribution in [0.15, 0.2) is 11.6 Å². The average molecular weight is 577 g/mol. The fraction of sp³-hybridized carbons (Fsp3) is 0.943. The lowest BCUT2D eigenvalue weighted by Gasteiger charge is -2.58. The van der Waals surface area contributed by atoms with Crippen molar-refractivity contribution in [3.63, 3.8) is 0 Å². The standard InChI is InChI=1S/C35H60O6/c1-7-22(20(2)3)9-8-21(4)26-12-13-27-25-11-10-23-18-24(14-16-34(23,5)28(25)15-17-35(26,27)6)40-33-32(39)31(38)30(37)29(19-36)41-33/h11,20-24,26-33,36-39H,7-10,12-19H2,1-6H3. The maximum Gasteiger partial charge on any atom is 0.186 e. The van der Waals surface area contributed by atoms with Crippen molar-refractivity contribution in [3.8, 4) is 0 Å². The Morgan fingerprint density at radius 3 is 2.32 bits per heavy atom. The van der Waals surface area contributed by atoms with Crippen LogP contribution in [-0.4, -0.2) is 63.8 Å². The summed E-state index contributed by atoms with van der Waals surface area (Å²) in [7, 11) is 0. The molecular weight excluding hydrogens is 516 g/mol. The molecule has 1 aliphatic heterocycles. The molecule has 1 heterocycles. The second kappa shape index (κ2) is 12.5. The van der Waals surface area contributed by atoms with E-state index in [0.717, 1.165) is 55.3 Å². The largest absolute Gasteiger partial charge is 0.394 e. The van der Waals surface area contributed by atoms with Gasteiger partial charge in [-0.25, -0.2) is 0 Å². The average Bonchev–Trinajstić information content (AvgIpc) is 3.30. The summed E-state index contributed by atoms with van der Waals surface area (Å²) < 4.78 is 11.9. The van der Waals surface area contributed by atoms with Crippen molar-refractivity contribution in [1.82, 2.24) is 0 Å². The molecule has 5 aliphatic rings. The molecule has 14 unspecified atom stereocenters. The van der Waals surface area contributed by atoms with Crippen LogP contribution in [0.1, 0.15) is 112 Å². The molecule has 0 aromatic carbocycles. The fourth-order valence-corrected chi connectivity index (χ4v) is 10.6. The Bertz CT molecular complexity index is 918. The Kier molecular flexibility index (Phi) is 9.71. The molecule has 0 aromatic rings. The number of rotatable bonds is 9. The third-order valence-electron chi connectivity index (χ3n) is 13.4. The predicted molar refractivity (Wildman–Crippen MR) is 161 cm³/mol. The molecule has 236 valence electrons. The zero-order valence-corrected chi connectivity index (χ0v) is 26.7. The molecule has 1 saturated heterocycles. The Morgan fingerprint density at radius 2 is 1.63 bits per heavy atom. The molecule has 3 saturated carbocycles. The van der Waals surface area contributed by atoms with E-state index in [0.29, 0.717) is 17.3 Å². The van der Waals surface area contributed by atoms with Gasteiger partial charge in [0.15, 0.2) is 6.29 Å². The van der Waals surface area contributed by atoms with E-state index >= 15 is 0 Å². The van der Waals surface area contributed by atoms with Crippen LogP contribution in [-0.2, 0) is 9.47 Å². The first-order valence-corrected chi connectivity index (χ1v) is 17.1. The van der Waals surface area contributed by atoms with Crippen LogP contribution in [0.3, 0.4) is 0 Å². The summed E-state index contributed by atoms with van der Waals surface area (Å²) in [6.07, 6.45) is 10.0. The quantitative estimate of drug-likeness (QED) is 0.257. The van der Waals surface area contributed by atoms with Crippen LogP contribution >= 0.6 is 0 Å². The third kappa shape index (κ3) is 5.73. The minimum atomic E-state index is -1.39. The van der Waals surface area contributed by atoms with E-state index in [9.17, 15) is 20.4 Å². The topological polar surface area (TPSA) is 99.4 Å². The molecule has 0 amide bonds. The van der Waals surface area contributed by atoms with Gasteiger partial charge in [0.1, 0.15) is 24.4 Å². The normalized spacial score (nSPS) is 47.7. The summed E-state index contributed by atoms with van der Waals surface area (Å²) in [5.74, 6) is 5.21. The number of allylic oxidation sites excluding steroid dienone is 2. The molecule has 0 spiro atoms. The van der Waals surface area contributed by atoms with E-state index in [-0.39, 0.29) is 11.5 Å². The van der Waals surface area contributed by atoms with Gasteiger partial charge < -0.3 is 29.9 Å². The lowest BCUT2D eigenvalue weighted by atomic mass is 9.47. The SMILES string of the molecule is CCC(CCC(C)C1CCC2C3=CCC4CC(OC5OC(CO)C(O)C(O)C5O)CCC4(C)C3CCC21C)C(C)C. The van der Waals surface area contributed by atoms with Crippen molar-refractivity contribution in [2.24, 2.45) is 52.3 Å². The highest BCUT2D eigenvalue weighted by molar-refractivity contribution is 5.27. The maximum absolute atomic E-state index is 10.5. The van der Waals surface area contributed by atoms with Crippen molar-refractivity contribution < 1.29 is 29.9 Å². The summed E-state index contributed by atoms with van der Waals surface area (Å²) >= 11 is 0. The Morgan fingerprint density at radius 1 is 0.927 bits per heavy atom. The van der Waals surface area contributed by atoms with E-state index in [1.165, 1.54) is 44.9 Å². The van der Waals surface area contributed by atoms with Gasteiger partial charge in [0.05, 0.1) is 12.7 Å². The molecule has 14 atom stereocenters. The van der Waals surface area contributed by atoms with Gasteiger partial charge in [-0.1, -0.05) is 66.0 Å². The van der Waals surface area contributed by atoms with E-state index in [1.54, 1.807) is 5.57 Å². The molecule has 6 nitrogen and oxygen atoms in total. The number of aliphatic hydroxyl groups is 4. The Labute approximate surface area is 249 Å². The van der Waals surface area contributed by atoms with Gasteiger partial charge in [0.25, 0.3) is 0 Å². The molecule has 0 bridgehead atoms. The van der Waals surface area contributed by atoms with Gasteiger partial charge in [-0.05, 0) is 110 Å². The van der Waals surface area contributed by atoms with Gasteiger partial charge in [-0.3, -0.25) is 0 Å². The number of aliphatic hydroxyl groups excluding tert-OH is 4. The smallest absolute Gasteiger partial charge is 0.186 e. The minimum absolute atomic E-state index is 0.0622. The predicted octanol–water partition coefficient (Wildman–Crippen LogP) is 5.85. The molecule has 0 aromatic heterocycles. The van der Waals surface area contributed by atoms with E-state index < -0.39 is 37.3 Å². The van der Waals surface area contributed by atoms with Crippen molar-refractivity contribution in [1.29, 1.82) is 0 Å². The fourth-order valence-electron chi connectivity index (χ4n) is 10.6. The molecule has 4 aliphatic carbocycles. The van der Waals surface area contributed by atoms with Crippen LogP contribution in [0.5, 0.6) is 0 Å². The summed E-state index contributed by atoms with van der Waals surface area (Å²) in [4.78, 5) is 0. The lowest BCUT2D eigenvalue weighted by Crippen LogP contribution is -2.60. The molecule has 5 rings (SSSR count). The number of fused-ring (bicyclic) bond motifs is 5. The minimum Gasteiger partial charge on any atom is -0.394 e. The van der Waals surface area contributed by atoms with E-state index in [2.05, 4.69) is 47.6 Å². The van der Waals surface area contributed by atoms with Crippen LogP contribution in [0.2, 0.25) is 0 Å². The summed E-state index contributed by atoms with van der Waals surface area (Å²) in [5.41, 5.74) is 2.50.